The van der Waals surface area contributed by atoms with Crippen LogP contribution in [0.1, 0.15) is 46.5 Å². The molecule has 1 N–H and O–H groups in total. The lowest BCUT2D eigenvalue weighted by Gasteiger charge is -2.41. The number of hydrogen-bond donors (Lipinski definition) is 1. The fourth-order valence-electron chi connectivity index (χ4n) is 3.21. The topological polar surface area (TPSA) is 24.5 Å². The molecular weight excluding hydrogens is 236 g/mol. The third kappa shape index (κ3) is 6.24. The molecule has 0 aromatic carbocycles. The van der Waals surface area contributed by atoms with Gasteiger partial charge in [-0.15, -0.1) is 0 Å². The molecule has 0 aliphatic heterocycles. The van der Waals surface area contributed by atoms with Gasteiger partial charge in [-0.1, -0.05) is 33.6 Å². The number of nitrogens with one attached hydrogen (secondary N) is 1. The molecule has 1 rings (SSSR count). The Balaban J connectivity index is 2.29. The molecule has 19 heavy (non-hydrogen) atoms. The van der Waals surface area contributed by atoms with Crippen molar-refractivity contribution >= 4 is 0 Å². The standard InChI is InChI=1S/C16H34N2O/c1-16(2,3)14-8-6-7-9-15(14)17-10-11-18(4)12-13-19-5/h14-15,17H,6-13H2,1-5H3. The van der Waals surface area contributed by atoms with Gasteiger partial charge in [0.2, 0.25) is 0 Å². The highest BCUT2D eigenvalue weighted by Gasteiger charge is 2.33. The van der Waals surface area contributed by atoms with Crippen molar-refractivity contribution in [3.05, 3.63) is 0 Å². The Morgan fingerprint density at radius 3 is 2.47 bits per heavy atom. The quantitative estimate of drug-likeness (QED) is 0.770. The minimum Gasteiger partial charge on any atom is -0.383 e. The molecule has 3 nitrogen and oxygen atoms in total. The van der Waals surface area contributed by atoms with Gasteiger partial charge >= 0.3 is 0 Å². The second-order valence-corrected chi connectivity index (χ2v) is 7.11. The van der Waals surface area contributed by atoms with Crippen molar-refractivity contribution in [2.45, 2.75) is 52.5 Å². The van der Waals surface area contributed by atoms with Gasteiger partial charge < -0.3 is 15.0 Å². The first-order chi connectivity index (χ1) is 8.95. The number of methoxy groups -OCH3 is 1. The fourth-order valence-corrected chi connectivity index (χ4v) is 3.21. The summed E-state index contributed by atoms with van der Waals surface area (Å²) >= 11 is 0. The largest absolute Gasteiger partial charge is 0.383 e. The molecule has 0 heterocycles. The monoisotopic (exact) mass is 270 g/mol. The van der Waals surface area contributed by atoms with Gasteiger partial charge in [0, 0.05) is 32.8 Å². The van der Waals surface area contributed by atoms with Gasteiger partial charge in [0.25, 0.3) is 0 Å². The average molecular weight is 270 g/mol. The first-order valence-electron chi connectivity index (χ1n) is 7.86. The van der Waals surface area contributed by atoms with E-state index >= 15 is 0 Å². The highest BCUT2D eigenvalue weighted by atomic mass is 16.5. The normalized spacial score (nSPS) is 24.9. The summed E-state index contributed by atoms with van der Waals surface area (Å²) in [5.74, 6) is 0.825. The second-order valence-electron chi connectivity index (χ2n) is 7.11. The smallest absolute Gasteiger partial charge is 0.0589 e. The van der Waals surface area contributed by atoms with E-state index in [0.717, 1.165) is 32.2 Å². The molecule has 0 amide bonds. The Labute approximate surface area is 120 Å². The average Bonchev–Trinajstić information content (AvgIpc) is 2.35. The number of likely N-dealkylation sites (N-methyl/N-ethyl adjacent to an activating group) is 1. The van der Waals surface area contributed by atoms with Crippen molar-refractivity contribution < 1.29 is 4.74 Å². The molecule has 0 spiro atoms. The third-order valence-electron chi connectivity index (χ3n) is 4.46. The van der Waals surface area contributed by atoms with Gasteiger partial charge in [-0.2, -0.15) is 0 Å². The molecule has 2 atom stereocenters. The van der Waals surface area contributed by atoms with Crippen LogP contribution >= 0.6 is 0 Å². The van der Waals surface area contributed by atoms with E-state index < -0.39 is 0 Å². The fraction of sp³-hybridized carbons (Fsp3) is 1.00. The van der Waals surface area contributed by atoms with Gasteiger partial charge in [-0.25, -0.2) is 0 Å². The maximum absolute atomic E-state index is 5.11. The Morgan fingerprint density at radius 1 is 1.16 bits per heavy atom. The number of ether oxygens (including phenoxy) is 1. The molecule has 0 aromatic rings. The summed E-state index contributed by atoms with van der Waals surface area (Å²) in [5.41, 5.74) is 0.431. The van der Waals surface area contributed by atoms with Crippen LogP contribution in [0.25, 0.3) is 0 Å². The van der Waals surface area contributed by atoms with E-state index in [0.29, 0.717) is 11.5 Å². The van der Waals surface area contributed by atoms with Gasteiger partial charge in [-0.3, -0.25) is 0 Å². The highest BCUT2D eigenvalue weighted by molar-refractivity contribution is 4.88. The molecule has 1 aliphatic rings. The SMILES string of the molecule is COCCN(C)CCNC1CCCCC1C(C)(C)C. The molecule has 3 heteroatoms. The predicted octanol–water partition coefficient (Wildman–Crippen LogP) is 2.76. The predicted molar refractivity (Wildman–Crippen MR) is 82.6 cm³/mol. The Morgan fingerprint density at radius 2 is 1.84 bits per heavy atom. The maximum Gasteiger partial charge on any atom is 0.0589 e. The van der Waals surface area contributed by atoms with E-state index in [-0.39, 0.29) is 0 Å². The first-order valence-corrected chi connectivity index (χ1v) is 7.86. The lowest BCUT2D eigenvalue weighted by atomic mass is 9.69. The maximum atomic E-state index is 5.11. The van der Waals surface area contributed by atoms with Crippen molar-refractivity contribution in [3.8, 4) is 0 Å². The van der Waals surface area contributed by atoms with E-state index in [1.165, 1.54) is 25.7 Å². The molecule has 114 valence electrons. The van der Waals surface area contributed by atoms with Crippen molar-refractivity contribution in [1.29, 1.82) is 0 Å². The third-order valence-corrected chi connectivity index (χ3v) is 4.46. The molecule has 1 fully saturated rings. The summed E-state index contributed by atoms with van der Waals surface area (Å²) in [4.78, 5) is 2.34. The lowest BCUT2D eigenvalue weighted by Crippen LogP contribution is -2.46. The molecule has 0 radical (unpaired) electrons. The zero-order valence-electron chi connectivity index (χ0n) is 13.7. The lowest BCUT2D eigenvalue weighted by molar-refractivity contribution is 0.126. The summed E-state index contributed by atoms with van der Waals surface area (Å²) in [5, 5.41) is 3.80. The van der Waals surface area contributed by atoms with E-state index in [9.17, 15) is 0 Å². The van der Waals surface area contributed by atoms with Crippen LogP contribution in [0.2, 0.25) is 0 Å². The summed E-state index contributed by atoms with van der Waals surface area (Å²) in [6.07, 6.45) is 5.54. The molecule has 0 saturated heterocycles. The summed E-state index contributed by atoms with van der Waals surface area (Å²) in [6.45, 7) is 11.2. The second kappa shape index (κ2) is 8.23. The molecule has 1 saturated carbocycles. The number of rotatable bonds is 7. The minimum absolute atomic E-state index is 0.431. The summed E-state index contributed by atoms with van der Waals surface area (Å²) in [6, 6.07) is 0.713. The van der Waals surface area contributed by atoms with Gasteiger partial charge in [-0.05, 0) is 31.2 Å². The van der Waals surface area contributed by atoms with E-state index in [4.69, 9.17) is 4.74 Å². The van der Waals surface area contributed by atoms with Crippen molar-refractivity contribution in [2.75, 3.05) is 40.4 Å². The number of nitrogens with zero attached hydrogens (tertiary/aromatic N) is 1. The summed E-state index contributed by atoms with van der Waals surface area (Å²) in [7, 11) is 3.94. The van der Waals surface area contributed by atoms with Crippen LogP contribution < -0.4 is 5.32 Å². The van der Waals surface area contributed by atoms with Crippen LogP contribution in [0.15, 0.2) is 0 Å². The van der Waals surface area contributed by atoms with Crippen LogP contribution in [0.5, 0.6) is 0 Å². The molecule has 2 unspecified atom stereocenters. The molecule has 0 aromatic heterocycles. The Kier molecular flexibility index (Phi) is 7.33. The van der Waals surface area contributed by atoms with Crippen LogP contribution in [0.3, 0.4) is 0 Å². The zero-order chi connectivity index (χ0) is 14.3. The Bertz CT molecular complexity index is 237. The van der Waals surface area contributed by atoms with E-state index in [1.807, 2.05) is 0 Å². The highest BCUT2D eigenvalue weighted by Crippen LogP contribution is 2.37. The van der Waals surface area contributed by atoms with E-state index in [2.05, 4.69) is 38.0 Å². The number of hydrogen-bond acceptors (Lipinski definition) is 3. The first kappa shape index (κ1) is 16.9. The van der Waals surface area contributed by atoms with Crippen molar-refractivity contribution in [3.63, 3.8) is 0 Å². The van der Waals surface area contributed by atoms with Crippen molar-refractivity contribution in [1.82, 2.24) is 10.2 Å². The van der Waals surface area contributed by atoms with E-state index in [1.54, 1.807) is 7.11 Å². The van der Waals surface area contributed by atoms with Gasteiger partial charge in [0.15, 0.2) is 0 Å². The summed E-state index contributed by atoms with van der Waals surface area (Å²) < 4.78 is 5.11. The minimum atomic E-state index is 0.431. The zero-order valence-corrected chi connectivity index (χ0v) is 13.7. The van der Waals surface area contributed by atoms with Gasteiger partial charge in [0.05, 0.1) is 6.61 Å². The molecular formula is C16H34N2O. The van der Waals surface area contributed by atoms with Crippen molar-refractivity contribution in [2.24, 2.45) is 11.3 Å². The molecule has 1 aliphatic carbocycles. The van der Waals surface area contributed by atoms with Crippen LogP contribution in [-0.4, -0.2) is 51.3 Å². The Hall–Kier alpha value is -0.120. The van der Waals surface area contributed by atoms with Gasteiger partial charge in [0.1, 0.15) is 0 Å². The van der Waals surface area contributed by atoms with Crippen LogP contribution in [0, 0.1) is 11.3 Å². The van der Waals surface area contributed by atoms with Crippen LogP contribution in [0.4, 0.5) is 0 Å². The molecule has 0 bridgehead atoms. The van der Waals surface area contributed by atoms with Crippen LogP contribution in [-0.2, 0) is 4.74 Å².